The van der Waals surface area contributed by atoms with Crippen LogP contribution in [0.2, 0.25) is 0 Å². The predicted octanol–water partition coefficient (Wildman–Crippen LogP) is 2.80. The maximum Gasteiger partial charge on any atom is 0.322 e. The van der Waals surface area contributed by atoms with E-state index in [4.69, 9.17) is 11.2 Å². The number of terminal acetylenes is 1. The van der Waals surface area contributed by atoms with Crippen LogP contribution in [-0.2, 0) is 0 Å². The number of nitrogens with one attached hydrogen (secondary N) is 3. The maximum atomic E-state index is 12.7. The molecule has 152 valence electrons. The van der Waals surface area contributed by atoms with Gasteiger partial charge in [-0.2, -0.15) is 0 Å². The molecule has 3 N–H and O–H groups in total. The van der Waals surface area contributed by atoms with E-state index >= 15 is 0 Å². The summed E-state index contributed by atoms with van der Waals surface area (Å²) < 4.78 is 5.48. The van der Waals surface area contributed by atoms with Crippen LogP contribution in [0, 0.1) is 12.3 Å². The first kappa shape index (κ1) is 19.5. The van der Waals surface area contributed by atoms with E-state index in [-0.39, 0.29) is 6.03 Å². The van der Waals surface area contributed by atoms with Crippen LogP contribution in [-0.4, -0.2) is 54.2 Å². The number of carbonyl (C=O) groups is 1. The molecule has 8 nitrogen and oxygen atoms in total. The molecule has 1 aromatic heterocycles. The third kappa shape index (κ3) is 4.11. The van der Waals surface area contributed by atoms with Gasteiger partial charge in [0.05, 0.1) is 18.3 Å². The molecule has 2 amide bonds. The van der Waals surface area contributed by atoms with Crippen molar-refractivity contribution in [3.8, 4) is 18.1 Å². The van der Waals surface area contributed by atoms with Crippen LogP contribution in [0.4, 0.5) is 22.0 Å². The third-order valence-electron chi connectivity index (χ3n) is 4.89. The molecule has 8 heteroatoms. The molecule has 1 saturated heterocycles. The number of benzene rings is 2. The van der Waals surface area contributed by atoms with Crippen molar-refractivity contribution in [1.29, 1.82) is 0 Å². The first-order valence-corrected chi connectivity index (χ1v) is 9.61. The lowest BCUT2D eigenvalue weighted by Gasteiger charge is -2.27. The number of hydrogen-bond donors (Lipinski definition) is 3. The monoisotopic (exact) mass is 402 g/mol. The number of amides is 2. The van der Waals surface area contributed by atoms with E-state index in [1.54, 1.807) is 18.1 Å². The number of hydrogen-bond acceptors (Lipinski definition) is 6. The Balaban J connectivity index is 1.68. The first-order valence-electron chi connectivity index (χ1n) is 9.61. The predicted molar refractivity (Wildman–Crippen MR) is 117 cm³/mol. The van der Waals surface area contributed by atoms with E-state index in [9.17, 15) is 4.79 Å². The molecule has 1 aliphatic rings. The number of ether oxygens (including phenoxy) is 1. The van der Waals surface area contributed by atoms with Gasteiger partial charge in [-0.1, -0.05) is 12.0 Å². The van der Waals surface area contributed by atoms with E-state index in [2.05, 4.69) is 31.8 Å². The van der Waals surface area contributed by atoms with Crippen LogP contribution >= 0.6 is 0 Å². The molecule has 0 atom stereocenters. The fourth-order valence-corrected chi connectivity index (χ4v) is 3.34. The van der Waals surface area contributed by atoms with E-state index in [0.29, 0.717) is 35.9 Å². The van der Waals surface area contributed by atoms with Gasteiger partial charge in [0.25, 0.3) is 0 Å². The van der Waals surface area contributed by atoms with Crippen molar-refractivity contribution in [2.75, 3.05) is 43.9 Å². The lowest BCUT2D eigenvalue weighted by Crippen LogP contribution is -2.48. The Bertz CT molecular complexity index is 1120. The van der Waals surface area contributed by atoms with Gasteiger partial charge in [0, 0.05) is 48.9 Å². The summed E-state index contributed by atoms with van der Waals surface area (Å²) in [5.74, 6) is 3.76. The highest BCUT2D eigenvalue weighted by atomic mass is 16.5. The van der Waals surface area contributed by atoms with Crippen molar-refractivity contribution in [3.63, 3.8) is 0 Å². The summed E-state index contributed by atoms with van der Waals surface area (Å²) in [6.07, 6.45) is 6.98. The van der Waals surface area contributed by atoms with E-state index in [1.807, 2.05) is 30.3 Å². The minimum atomic E-state index is -0.165. The van der Waals surface area contributed by atoms with Gasteiger partial charge in [0.2, 0.25) is 0 Å². The van der Waals surface area contributed by atoms with Gasteiger partial charge in [0.15, 0.2) is 0 Å². The second-order valence-electron chi connectivity index (χ2n) is 6.81. The SMILES string of the molecule is C#Cc1cccc(Nc2ncnc3cc(OC)c(NC(=O)N4CCNCC4)cc23)c1. The zero-order valence-electron chi connectivity index (χ0n) is 16.6. The zero-order chi connectivity index (χ0) is 20.9. The highest BCUT2D eigenvalue weighted by Gasteiger charge is 2.19. The van der Waals surface area contributed by atoms with Crippen LogP contribution in [0.25, 0.3) is 10.9 Å². The summed E-state index contributed by atoms with van der Waals surface area (Å²) in [6, 6.07) is 11.0. The lowest BCUT2D eigenvalue weighted by molar-refractivity contribution is 0.203. The summed E-state index contributed by atoms with van der Waals surface area (Å²) in [5, 5.41) is 10.2. The average Bonchev–Trinajstić information content (AvgIpc) is 2.79. The molecule has 0 spiro atoms. The number of urea groups is 1. The second-order valence-corrected chi connectivity index (χ2v) is 6.81. The van der Waals surface area contributed by atoms with Crippen molar-refractivity contribution in [2.24, 2.45) is 0 Å². The second kappa shape index (κ2) is 8.68. The van der Waals surface area contributed by atoms with Crippen LogP contribution in [0.1, 0.15) is 5.56 Å². The summed E-state index contributed by atoms with van der Waals surface area (Å²) >= 11 is 0. The van der Waals surface area contributed by atoms with Crippen molar-refractivity contribution in [1.82, 2.24) is 20.2 Å². The largest absolute Gasteiger partial charge is 0.494 e. The molecule has 0 saturated carbocycles. The van der Waals surface area contributed by atoms with Crippen LogP contribution in [0.5, 0.6) is 5.75 Å². The van der Waals surface area contributed by atoms with Gasteiger partial charge in [-0.15, -0.1) is 6.42 Å². The molecule has 0 bridgehead atoms. The molecule has 1 aliphatic heterocycles. The Hall–Kier alpha value is -3.83. The third-order valence-corrected chi connectivity index (χ3v) is 4.89. The number of aromatic nitrogens is 2. The van der Waals surface area contributed by atoms with Gasteiger partial charge in [-0.05, 0) is 24.3 Å². The van der Waals surface area contributed by atoms with Gasteiger partial charge in [0.1, 0.15) is 17.9 Å². The smallest absolute Gasteiger partial charge is 0.322 e. The number of rotatable bonds is 4. The minimum absolute atomic E-state index is 0.165. The molecule has 1 fully saturated rings. The van der Waals surface area contributed by atoms with Crippen molar-refractivity contribution < 1.29 is 9.53 Å². The topological polar surface area (TPSA) is 91.4 Å². The van der Waals surface area contributed by atoms with E-state index in [1.165, 1.54) is 6.33 Å². The number of nitrogens with zero attached hydrogens (tertiary/aromatic N) is 3. The lowest BCUT2D eigenvalue weighted by atomic mass is 10.1. The Kier molecular flexibility index (Phi) is 5.63. The summed E-state index contributed by atoms with van der Waals surface area (Å²) in [6.45, 7) is 2.87. The summed E-state index contributed by atoms with van der Waals surface area (Å²) in [7, 11) is 1.56. The Morgan fingerprint density at radius 3 is 2.83 bits per heavy atom. The van der Waals surface area contributed by atoms with Crippen LogP contribution in [0.3, 0.4) is 0 Å². The molecule has 3 aromatic rings. The standard InChI is InChI=1S/C22H22N6O2/c1-3-15-5-4-6-16(11-15)26-21-17-12-19(20(30-2)13-18(17)24-14-25-21)27-22(29)28-9-7-23-8-10-28/h1,4-6,11-14,23H,7-10H2,2H3,(H,27,29)(H,24,25,26). The van der Waals surface area contributed by atoms with Gasteiger partial charge >= 0.3 is 6.03 Å². The summed E-state index contributed by atoms with van der Waals surface area (Å²) in [5.41, 5.74) is 2.83. The van der Waals surface area contributed by atoms with Gasteiger partial charge in [-0.25, -0.2) is 14.8 Å². The van der Waals surface area contributed by atoms with E-state index in [0.717, 1.165) is 29.7 Å². The summed E-state index contributed by atoms with van der Waals surface area (Å²) in [4.78, 5) is 23.2. The van der Waals surface area contributed by atoms with Gasteiger partial charge in [-0.3, -0.25) is 0 Å². The highest BCUT2D eigenvalue weighted by Crippen LogP contribution is 2.33. The molecule has 0 radical (unpaired) electrons. The van der Waals surface area contributed by atoms with Crippen LogP contribution in [0.15, 0.2) is 42.7 Å². The number of anilines is 3. The van der Waals surface area contributed by atoms with E-state index < -0.39 is 0 Å². The zero-order valence-corrected chi connectivity index (χ0v) is 16.6. The number of piperazine rings is 1. The molecule has 2 heterocycles. The Morgan fingerprint density at radius 1 is 1.23 bits per heavy atom. The maximum absolute atomic E-state index is 12.7. The molecule has 2 aromatic carbocycles. The molecular formula is C22H22N6O2. The van der Waals surface area contributed by atoms with Gasteiger partial charge < -0.3 is 25.6 Å². The molecule has 30 heavy (non-hydrogen) atoms. The minimum Gasteiger partial charge on any atom is -0.494 e. The molecule has 4 rings (SSSR count). The first-order chi connectivity index (χ1) is 14.7. The number of fused-ring (bicyclic) bond motifs is 1. The quantitative estimate of drug-likeness (QED) is 0.582. The van der Waals surface area contributed by atoms with Crippen molar-refractivity contribution >= 4 is 34.1 Å². The molecule has 0 unspecified atom stereocenters. The Labute approximate surface area is 174 Å². The molecular weight excluding hydrogens is 380 g/mol. The molecule has 0 aliphatic carbocycles. The Morgan fingerprint density at radius 2 is 2.07 bits per heavy atom. The van der Waals surface area contributed by atoms with Crippen LogP contribution < -0.4 is 20.7 Å². The average molecular weight is 402 g/mol. The normalized spacial score (nSPS) is 13.5. The fourth-order valence-electron chi connectivity index (χ4n) is 3.34. The number of carbonyl (C=O) groups excluding carboxylic acids is 1. The fraction of sp³-hybridized carbons (Fsp3) is 0.227. The highest BCUT2D eigenvalue weighted by molar-refractivity contribution is 5.99. The van der Waals surface area contributed by atoms with Crippen molar-refractivity contribution in [3.05, 3.63) is 48.3 Å². The van der Waals surface area contributed by atoms with Crippen molar-refractivity contribution in [2.45, 2.75) is 0 Å². The number of methoxy groups -OCH3 is 1.